The van der Waals surface area contributed by atoms with Crippen LogP contribution in [0.15, 0.2) is 30.5 Å². The average molecular weight is 235 g/mol. The van der Waals surface area contributed by atoms with Gasteiger partial charge in [-0.05, 0) is 42.7 Å². The quantitative estimate of drug-likeness (QED) is 0.769. The summed E-state index contributed by atoms with van der Waals surface area (Å²) in [6, 6.07) is 7.95. The molecule has 0 spiro atoms. The molecule has 2 aromatic rings. The molecular weight excluding hydrogens is 220 g/mol. The molecule has 0 unspecified atom stereocenters. The van der Waals surface area contributed by atoms with E-state index in [9.17, 15) is 0 Å². The maximum absolute atomic E-state index is 6.03. The van der Waals surface area contributed by atoms with Crippen molar-refractivity contribution < 1.29 is 0 Å². The first kappa shape index (κ1) is 11.2. The molecule has 2 nitrogen and oxygen atoms in total. The Morgan fingerprint density at radius 3 is 2.56 bits per heavy atom. The molecule has 0 saturated heterocycles. The van der Waals surface area contributed by atoms with Crippen molar-refractivity contribution in [3.8, 4) is 5.69 Å². The number of aryl methyl sites for hydroxylation is 1. The van der Waals surface area contributed by atoms with Gasteiger partial charge in [-0.1, -0.05) is 25.4 Å². The highest BCUT2D eigenvalue weighted by Gasteiger charge is 2.10. The van der Waals surface area contributed by atoms with Crippen LogP contribution in [0.5, 0.6) is 0 Å². The van der Waals surface area contributed by atoms with E-state index in [-0.39, 0.29) is 0 Å². The molecule has 0 N–H and O–H groups in total. The molecule has 1 aromatic carbocycles. The lowest BCUT2D eigenvalue weighted by Gasteiger charge is -2.14. The molecule has 2 rings (SSSR count). The first-order valence-electron chi connectivity index (χ1n) is 5.40. The second kappa shape index (κ2) is 4.30. The van der Waals surface area contributed by atoms with E-state index < -0.39 is 0 Å². The Balaban J connectivity index is 2.61. The summed E-state index contributed by atoms with van der Waals surface area (Å²) >= 11 is 6.03. The largest absolute Gasteiger partial charge is 0.238 e. The molecule has 0 radical (unpaired) electrons. The average Bonchev–Trinajstić information content (AvgIpc) is 2.64. The number of aromatic nitrogens is 2. The second-order valence-electron chi connectivity index (χ2n) is 4.24. The third kappa shape index (κ3) is 1.98. The summed E-state index contributed by atoms with van der Waals surface area (Å²) in [4.78, 5) is 0. The zero-order chi connectivity index (χ0) is 11.7. The van der Waals surface area contributed by atoms with Gasteiger partial charge in [-0.25, -0.2) is 4.68 Å². The minimum atomic E-state index is 0.428. The Hall–Kier alpha value is -1.28. The SMILES string of the molecule is Cc1ccnn1-c1ccc(Cl)cc1C(C)C. The van der Waals surface area contributed by atoms with Crippen LogP contribution in [0.4, 0.5) is 0 Å². The van der Waals surface area contributed by atoms with Crippen molar-refractivity contribution in [3.63, 3.8) is 0 Å². The van der Waals surface area contributed by atoms with Gasteiger partial charge in [0.15, 0.2) is 0 Å². The van der Waals surface area contributed by atoms with Crippen molar-refractivity contribution in [2.45, 2.75) is 26.7 Å². The lowest BCUT2D eigenvalue weighted by Crippen LogP contribution is -2.04. The maximum atomic E-state index is 6.03. The van der Waals surface area contributed by atoms with E-state index in [1.807, 2.05) is 42.1 Å². The molecule has 0 aliphatic carbocycles. The monoisotopic (exact) mass is 234 g/mol. The van der Waals surface area contributed by atoms with Crippen LogP contribution in [0.3, 0.4) is 0 Å². The van der Waals surface area contributed by atoms with E-state index in [2.05, 4.69) is 18.9 Å². The van der Waals surface area contributed by atoms with Crippen LogP contribution in [0.2, 0.25) is 5.02 Å². The summed E-state index contributed by atoms with van der Waals surface area (Å²) in [6.45, 7) is 6.37. The van der Waals surface area contributed by atoms with Gasteiger partial charge >= 0.3 is 0 Å². The van der Waals surface area contributed by atoms with Crippen molar-refractivity contribution in [2.24, 2.45) is 0 Å². The van der Waals surface area contributed by atoms with Crippen molar-refractivity contribution in [2.75, 3.05) is 0 Å². The van der Waals surface area contributed by atoms with Crippen LogP contribution in [-0.4, -0.2) is 9.78 Å². The third-order valence-corrected chi connectivity index (χ3v) is 2.91. The Morgan fingerprint density at radius 1 is 1.25 bits per heavy atom. The summed E-state index contributed by atoms with van der Waals surface area (Å²) in [6.07, 6.45) is 1.81. The molecule has 0 aliphatic heterocycles. The Morgan fingerprint density at radius 2 is 2.00 bits per heavy atom. The second-order valence-corrected chi connectivity index (χ2v) is 4.68. The fourth-order valence-electron chi connectivity index (χ4n) is 1.80. The molecule has 0 amide bonds. The van der Waals surface area contributed by atoms with Gasteiger partial charge in [-0.3, -0.25) is 0 Å². The topological polar surface area (TPSA) is 17.8 Å². The van der Waals surface area contributed by atoms with E-state index >= 15 is 0 Å². The maximum Gasteiger partial charge on any atom is 0.0684 e. The van der Waals surface area contributed by atoms with Gasteiger partial charge in [-0.15, -0.1) is 0 Å². The Bertz CT molecular complexity index is 500. The van der Waals surface area contributed by atoms with Gasteiger partial charge in [0, 0.05) is 16.9 Å². The summed E-state index contributed by atoms with van der Waals surface area (Å²) in [5, 5.41) is 5.11. The van der Waals surface area contributed by atoms with Gasteiger partial charge in [0.25, 0.3) is 0 Å². The number of rotatable bonds is 2. The van der Waals surface area contributed by atoms with Crippen LogP contribution in [-0.2, 0) is 0 Å². The zero-order valence-corrected chi connectivity index (χ0v) is 10.5. The number of hydrogen-bond donors (Lipinski definition) is 0. The van der Waals surface area contributed by atoms with Crippen LogP contribution in [0, 0.1) is 6.92 Å². The van der Waals surface area contributed by atoms with Crippen LogP contribution < -0.4 is 0 Å². The lowest BCUT2D eigenvalue weighted by atomic mass is 10.0. The minimum Gasteiger partial charge on any atom is -0.238 e. The first-order valence-corrected chi connectivity index (χ1v) is 5.78. The number of nitrogens with zero attached hydrogens (tertiary/aromatic N) is 2. The van der Waals surface area contributed by atoms with Gasteiger partial charge in [0.05, 0.1) is 5.69 Å². The third-order valence-electron chi connectivity index (χ3n) is 2.67. The predicted molar refractivity (Wildman–Crippen MR) is 67.4 cm³/mol. The summed E-state index contributed by atoms with van der Waals surface area (Å²) in [5.74, 6) is 0.428. The van der Waals surface area contributed by atoms with Crippen molar-refractivity contribution in [3.05, 3.63) is 46.7 Å². The van der Waals surface area contributed by atoms with Gasteiger partial charge in [0.2, 0.25) is 0 Å². The van der Waals surface area contributed by atoms with E-state index in [1.165, 1.54) is 5.56 Å². The number of hydrogen-bond acceptors (Lipinski definition) is 1. The zero-order valence-electron chi connectivity index (χ0n) is 9.74. The molecule has 0 atom stereocenters. The van der Waals surface area contributed by atoms with E-state index in [4.69, 9.17) is 11.6 Å². The number of halogens is 1. The molecule has 0 bridgehead atoms. The highest BCUT2D eigenvalue weighted by atomic mass is 35.5. The predicted octanol–water partition coefficient (Wildman–Crippen LogP) is 3.96. The molecule has 1 heterocycles. The minimum absolute atomic E-state index is 0.428. The molecule has 16 heavy (non-hydrogen) atoms. The molecular formula is C13H15ClN2. The molecule has 0 saturated carbocycles. The smallest absolute Gasteiger partial charge is 0.0684 e. The van der Waals surface area contributed by atoms with Gasteiger partial charge < -0.3 is 0 Å². The fourth-order valence-corrected chi connectivity index (χ4v) is 1.98. The highest BCUT2D eigenvalue weighted by Crippen LogP contribution is 2.26. The lowest BCUT2D eigenvalue weighted by molar-refractivity contribution is 0.793. The molecule has 3 heteroatoms. The summed E-state index contributed by atoms with van der Waals surface area (Å²) < 4.78 is 1.95. The first-order chi connectivity index (χ1) is 7.59. The normalized spacial score (nSPS) is 11.1. The molecule has 0 aliphatic rings. The van der Waals surface area contributed by atoms with Crippen molar-refractivity contribution >= 4 is 11.6 Å². The van der Waals surface area contributed by atoms with Crippen LogP contribution in [0.25, 0.3) is 5.69 Å². The molecule has 84 valence electrons. The van der Waals surface area contributed by atoms with Gasteiger partial charge in [-0.2, -0.15) is 5.10 Å². The Labute approximate surface area is 101 Å². The highest BCUT2D eigenvalue weighted by molar-refractivity contribution is 6.30. The van der Waals surface area contributed by atoms with Crippen LogP contribution >= 0.6 is 11.6 Å². The molecule has 1 aromatic heterocycles. The summed E-state index contributed by atoms with van der Waals surface area (Å²) in [5.41, 5.74) is 3.46. The van der Waals surface area contributed by atoms with Crippen molar-refractivity contribution in [1.29, 1.82) is 0 Å². The number of benzene rings is 1. The van der Waals surface area contributed by atoms with Crippen molar-refractivity contribution in [1.82, 2.24) is 9.78 Å². The standard InChI is InChI=1S/C13H15ClN2/c1-9(2)12-8-11(14)4-5-13(12)16-10(3)6-7-15-16/h4-9H,1-3H3. The summed E-state index contributed by atoms with van der Waals surface area (Å²) in [7, 11) is 0. The Kier molecular flexibility index (Phi) is 3.01. The fraction of sp³-hybridized carbons (Fsp3) is 0.308. The molecule has 0 fully saturated rings. The van der Waals surface area contributed by atoms with E-state index in [0.29, 0.717) is 5.92 Å². The van der Waals surface area contributed by atoms with E-state index in [1.54, 1.807) is 0 Å². The van der Waals surface area contributed by atoms with Gasteiger partial charge in [0.1, 0.15) is 0 Å². The van der Waals surface area contributed by atoms with E-state index in [0.717, 1.165) is 16.4 Å². The van der Waals surface area contributed by atoms with Crippen LogP contribution in [0.1, 0.15) is 31.0 Å².